The Morgan fingerprint density at radius 1 is 1.00 bits per heavy atom. The number of fused-ring (bicyclic) bond motifs is 1. The molecule has 0 aliphatic rings. The number of hydrogen-bond donors (Lipinski definition) is 1. The predicted octanol–water partition coefficient (Wildman–Crippen LogP) is 4.01. The lowest BCUT2D eigenvalue weighted by Crippen LogP contribution is -1.93. The maximum absolute atomic E-state index is 6.03. The minimum atomic E-state index is 0.931. The fourth-order valence-corrected chi connectivity index (χ4v) is 1.65. The first-order valence-electron chi connectivity index (χ1n) is 5.59. The van der Waals surface area contributed by atoms with Crippen molar-refractivity contribution >= 4 is 16.5 Å². The molecule has 0 radical (unpaired) electrons. The lowest BCUT2D eigenvalue weighted by molar-refractivity contribution is 1.15. The molecule has 0 bridgehead atoms. The van der Waals surface area contributed by atoms with Crippen LogP contribution in [0.25, 0.3) is 10.8 Å². The molecule has 2 aromatic carbocycles. The molecule has 0 spiro atoms. The molecule has 0 aromatic heterocycles. The van der Waals surface area contributed by atoms with Crippen LogP contribution in [-0.2, 0) is 6.42 Å². The van der Waals surface area contributed by atoms with Crippen LogP contribution in [-0.4, -0.2) is 0 Å². The smallest absolute Gasteiger partial charge is 0.0426 e. The van der Waals surface area contributed by atoms with Gasteiger partial charge in [0, 0.05) is 11.1 Å². The van der Waals surface area contributed by atoms with Crippen molar-refractivity contribution in [3.63, 3.8) is 0 Å². The summed E-state index contributed by atoms with van der Waals surface area (Å²) in [6, 6.07) is 12.5. The van der Waals surface area contributed by atoms with Crippen molar-refractivity contribution in [2.75, 3.05) is 5.73 Å². The maximum atomic E-state index is 6.03. The van der Waals surface area contributed by atoms with E-state index in [1.807, 2.05) is 26.0 Å². The van der Waals surface area contributed by atoms with Crippen LogP contribution in [0.5, 0.6) is 0 Å². The minimum Gasteiger partial charge on any atom is -0.398 e. The van der Waals surface area contributed by atoms with E-state index >= 15 is 0 Å². The van der Waals surface area contributed by atoms with Crippen molar-refractivity contribution in [2.45, 2.75) is 27.2 Å². The van der Waals surface area contributed by atoms with E-state index in [-0.39, 0.29) is 0 Å². The van der Waals surface area contributed by atoms with Crippen molar-refractivity contribution < 1.29 is 0 Å². The quantitative estimate of drug-likeness (QED) is 0.693. The summed E-state index contributed by atoms with van der Waals surface area (Å²) in [6.45, 7) is 6.13. The average molecular weight is 201 g/mol. The number of anilines is 1. The Hall–Kier alpha value is -1.50. The van der Waals surface area contributed by atoms with Crippen molar-refractivity contribution in [3.8, 4) is 0 Å². The van der Waals surface area contributed by atoms with Gasteiger partial charge in [-0.25, -0.2) is 0 Å². The summed E-state index contributed by atoms with van der Waals surface area (Å²) >= 11 is 0. The summed E-state index contributed by atoms with van der Waals surface area (Å²) in [4.78, 5) is 0. The maximum Gasteiger partial charge on any atom is 0.0426 e. The fourth-order valence-electron chi connectivity index (χ4n) is 1.65. The molecule has 2 N–H and O–H groups in total. The van der Waals surface area contributed by atoms with E-state index < -0.39 is 0 Å². The van der Waals surface area contributed by atoms with Gasteiger partial charge in [-0.3, -0.25) is 0 Å². The van der Waals surface area contributed by atoms with Crippen LogP contribution in [0, 0.1) is 0 Å². The predicted molar refractivity (Wildman–Crippen MR) is 69.1 cm³/mol. The molecule has 2 aromatic rings. The summed E-state index contributed by atoms with van der Waals surface area (Å²) in [7, 11) is 0. The first kappa shape index (κ1) is 11.6. The fraction of sp³-hybridized carbons (Fsp3) is 0.286. The molecule has 1 heteroatoms. The van der Waals surface area contributed by atoms with Gasteiger partial charge >= 0.3 is 0 Å². The van der Waals surface area contributed by atoms with Crippen LogP contribution in [0.2, 0.25) is 0 Å². The van der Waals surface area contributed by atoms with Crippen LogP contribution in [0.3, 0.4) is 0 Å². The van der Waals surface area contributed by atoms with Gasteiger partial charge in [-0.15, -0.1) is 0 Å². The Morgan fingerprint density at radius 3 is 2.33 bits per heavy atom. The van der Waals surface area contributed by atoms with Crippen LogP contribution in [0.4, 0.5) is 5.69 Å². The van der Waals surface area contributed by atoms with E-state index in [0.717, 1.165) is 12.1 Å². The number of hydrogen-bond acceptors (Lipinski definition) is 1. The highest BCUT2D eigenvalue weighted by atomic mass is 14.6. The highest BCUT2D eigenvalue weighted by Crippen LogP contribution is 2.24. The third-order valence-corrected chi connectivity index (χ3v) is 2.44. The van der Waals surface area contributed by atoms with Crippen LogP contribution in [0.1, 0.15) is 26.3 Å². The van der Waals surface area contributed by atoms with Gasteiger partial charge in [0.25, 0.3) is 0 Å². The molecule has 0 fully saturated rings. The Kier molecular flexibility index (Phi) is 4.17. The summed E-state index contributed by atoms with van der Waals surface area (Å²) in [5, 5.41) is 2.39. The van der Waals surface area contributed by atoms with Gasteiger partial charge in [-0.1, -0.05) is 57.2 Å². The van der Waals surface area contributed by atoms with E-state index in [9.17, 15) is 0 Å². The molecule has 0 atom stereocenters. The highest BCUT2D eigenvalue weighted by Gasteiger charge is 2.00. The topological polar surface area (TPSA) is 26.0 Å². The lowest BCUT2D eigenvalue weighted by Gasteiger charge is -2.06. The summed E-state index contributed by atoms with van der Waals surface area (Å²) in [5.74, 6) is 0. The number of nitrogen functional groups attached to an aromatic ring is 1. The monoisotopic (exact) mass is 201 g/mol. The average Bonchev–Trinajstić information content (AvgIpc) is 2.33. The van der Waals surface area contributed by atoms with E-state index in [0.29, 0.717) is 0 Å². The number of nitrogens with two attached hydrogens (primary N) is 1. The first-order chi connectivity index (χ1) is 7.33. The van der Waals surface area contributed by atoms with Crippen molar-refractivity contribution in [1.82, 2.24) is 0 Å². The second-order valence-corrected chi connectivity index (χ2v) is 3.21. The highest BCUT2D eigenvalue weighted by molar-refractivity contribution is 5.94. The molecule has 1 nitrogen and oxygen atoms in total. The van der Waals surface area contributed by atoms with Crippen molar-refractivity contribution in [1.29, 1.82) is 0 Å². The molecular formula is C14H19N. The lowest BCUT2D eigenvalue weighted by atomic mass is 10.0. The normalized spacial score (nSPS) is 9.53. The van der Waals surface area contributed by atoms with Crippen LogP contribution >= 0.6 is 0 Å². The molecule has 0 saturated heterocycles. The molecule has 80 valence electrons. The number of benzene rings is 2. The summed E-state index contributed by atoms with van der Waals surface area (Å²) in [5.41, 5.74) is 8.20. The van der Waals surface area contributed by atoms with Gasteiger partial charge in [-0.05, 0) is 17.4 Å². The van der Waals surface area contributed by atoms with E-state index in [2.05, 4.69) is 31.2 Å². The molecule has 0 aliphatic heterocycles. The molecule has 0 amide bonds. The SMILES string of the molecule is CC.CCc1ccc2ccccc2c1N. The molecule has 15 heavy (non-hydrogen) atoms. The third-order valence-electron chi connectivity index (χ3n) is 2.44. The van der Waals surface area contributed by atoms with Gasteiger partial charge in [-0.2, -0.15) is 0 Å². The number of aryl methyl sites for hydroxylation is 1. The second kappa shape index (κ2) is 5.40. The molecule has 0 saturated carbocycles. The van der Waals surface area contributed by atoms with Gasteiger partial charge < -0.3 is 5.73 Å². The van der Waals surface area contributed by atoms with Crippen molar-refractivity contribution in [3.05, 3.63) is 42.0 Å². The van der Waals surface area contributed by atoms with E-state index in [1.165, 1.54) is 16.3 Å². The molecule has 0 aliphatic carbocycles. The molecular weight excluding hydrogens is 182 g/mol. The first-order valence-corrected chi connectivity index (χ1v) is 5.59. The Bertz CT molecular complexity index is 432. The van der Waals surface area contributed by atoms with Crippen molar-refractivity contribution in [2.24, 2.45) is 0 Å². The third kappa shape index (κ3) is 2.30. The molecule has 0 unspecified atom stereocenters. The van der Waals surface area contributed by atoms with Gasteiger partial charge in [0.2, 0.25) is 0 Å². The molecule has 0 heterocycles. The Morgan fingerprint density at radius 2 is 1.67 bits per heavy atom. The van der Waals surface area contributed by atoms with E-state index in [4.69, 9.17) is 5.73 Å². The van der Waals surface area contributed by atoms with Crippen LogP contribution in [0.15, 0.2) is 36.4 Å². The second-order valence-electron chi connectivity index (χ2n) is 3.21. The Labute approximate surface area is 91.9 Å². The standard InChI is InChI=1S/C12H13N.C2H6/c1-2-9-7-8-10-5-3-4-6-11(10)12(9)13;1-2/h3-8H,2,13H2,1H3;1-2H3. The van der Waals surface area contributed by atoms with E-state index in [1.54, 1.807) is 0 Å². The van der Waals surface area contributed by atoms with Gasteiger partial charge in [0.05, 0.1) is 0 Å². The minimum absolute atomic E-state index is 0.931. The Balaban J connectivity index is 0.000000531. The van der Waals surface area contributed by atoms with Crippen LogP contribution < -0.4 is 5.73 Å². The number of rotatable bonds is 1. The van der Waals surface area contributed by atoms with Gasteiger partial charge in [0.1, 0.15) is 0 Å². The largest absolute Gasteiger partial charge is 0.398 e. The summed E-state index contributed by atoms with van der Waals surface area (Å²) in [6.07, 6.45) is 0.997. The zero-order chi connectivity index (χ0) is 11.3. The zero-order valence-electron chi connectivity index (χ0n) is 9.75. The zero-order valence-corrected chi connectivity index (χ0v) is 9.75. The molecule has 2 rings (SSSR count). The van der Waals surface area contributed by atoms with Gasteiger partial charge in [0.15, 0.2) is 0 Å². The summed E-state index contributed by atoms with van der Waals surface area (Å²) < 4.78 is 0.